The molecule has 174 valence electrons. The lowest BCUT2D eigenvalue weighted by molar-refractivity contribution is -0.119. The SMILES string of the molecule is C[C@@H](C(=O)Nc1ccc(Br)c(S(=O)(=O)NCCc2ccccn2)c1)n1ncc(Cl)c(Cl)c1=O. The third-order valence-electron chi connectivity index (χ3n) is 4.53. The first-order valence-corrected chi connectivity index (χ1v) is 12.6. The van der Waals surface area contributed by atoms with Gasteiger partial charge in [-0.3, -0.25) is 14.6 Å². The molecule has 1 atom stereocenters. The number of nitrogens with zero attached hydrogens (tertiary/aromatic N) is 3. The maximum Gasteiger partial charge on any atom is 0.287 e. The van der Waals surface area contributed by atoms with Gasteiger partial charge in [-0.05, 0) is 53.2 Å². The molecule has 0 aliphatic rings. The van der Waals surface area contributed by atoms with Crippen molar-refractivity contribution in [3.05, 3.63) is 79.4 Å². The number of pyridine rings is 1. The van der Waals surface area contributed by atoms with Crippen molar-refractivity contribution in [2.75, 3.05) is 11.9 Å². The Morgan fingerprint density at radius 2 is 2.00 bits per heavy atom. The fourth-order valence-electron chi connectivity index (χ4n) is 2.78. The Kier molecular flexibility index (Phi) is 8.24. The monoisotopic (exact) mass is 573 g/mol. The highest BCUT2D eigenvalue weighted by Gasteiger charge is 2.22. The molecule has 0 aliphatic carbocycles. The first-order chi connectivity index (χ1) is 15.6. The third-order valence-corrected chi connectivity index (χ3v) is 7.74. The Labute approximate surface area is 208 Å². The van der Waals surface area contributed by atoms with Gasteiger partial charge in [0.25, 0.3) is 5.56 Å². The molecule has 1 amide bonds. The van der Waals surface area contributed by atoms with E-state index in [0.29, 0.717) is 10.9 Å². The van der Waals surface area contributed by atoms with Gasteiger partial charge >= 0.3 is 0 Å². The van der Waals surface area contributed by atoms with Crippen LogP contribution in [0, 0.1) is 0 Å². The molecular formula is C20H18BrCl2N5O4S. The molecule has 0 spiro atoms. The van der Waals surface area contributed by atoms with Crippen LogP contribution >= 0.6 is 39.1 Å². The highest BCUT2D eigenvalue weighted by Crippen LogP contribution is 2.26. The Hall–Kier alpha value is -2.31. The number of carbonyl (C=O) groups is 1. The summed E-state index contributed by atoms with van der Waals surface area (Å²) in [7, 11) is -3.88. The Morgan fingerprint density at radius 1 is 1.24 bits per heavy atom. The van der Waals surface area contributed by atoms with E-state index in [9.17, 15) is 18.0 Å². The van der Waals surface area contributed by atoms with Gasteiger partial charge < -0.3 is 5.32 Å². The first-order valence-electron chi connectivity index (χ1n) is 9.53. The zero-order chi connectivity index (χ0) is 24.2. The maximum absolute atomic E-state index is 12.8. The second kappa shape index (κ2) is 10.7. The summed E-state index contributed by atoms with van der Waals surface area (Å²) >= 11 is 14.8. The van der Waals surface area contributed by atoms with Crippen molar-refractivity contribution in [2.24, 2.45) is 0 Å². The lowest BCUT2D eigenvalue weighted by Gasteiger charge is -2.15. The lowest BCUT2D eigenvalue weighted by atomic mass is 10.2. The van der Waals surface area contributed by atoms with Gasteiger partial charge in [0.2, 0.25) is 15.9 Å². The van der Waals surface area contributed by atoms with Gasteiger partial charge in [-0.25, -0.2) is 17.8 Å². The predicted molar refractivity (Wildman–Crippen MR) is 129 cm³/mol. The zero-order valence-electron chi connectivity index (χ0n) is 17.1. The number of sulfonamides is 1. The van der Waals surface area contributed by atoms with Crippen LogP contribution in [0.2, 0.25) is 10.0 Å². The molecule has 2 N–H and O–H groups in total. The molecule has 33 heavy (non-hydrogen) atoms. The minimum atomic E-state index is -3.88. The van der Waals surface area contributed by atoms with Crippen LogP contribution in [0.4, 0.5) is 5.69 Å². The molecule has 2 aromatic heterocycles. The maximum atomic E-state index is 12.8. The average molecular weight is 575 g/mol. The topological polar surface area (TPSA) is 123 Å². The summed E-state index contributed by atoms with van der Waals surface area (Å²) in [6.07, 6.45) is 3.21. The standard InChI is InChI=1S/C20H18BrCl2N5O4S/c1-12(28-20(30)18(23)16(22)11-25-28)19(29)27-14-5-6-15(21)17(10-14)33(31,32)26-9-7-13-4-2-3-8-24-13/h2-6,8,10-12,26H,7,9H2,1H3,(H,27,29)/t12-/m0/s1. The molecule has 13 heteroatoms. The van der Waals surface area contributed by atoms with Crippen molar-refractivity contribution in [3.63, 3.8) is 0 Å². The van der Waals surface area contributed by atoms with Crippen LogP contribution in [-0.4, -0.2) is 35.6 Å². The van der Waals surface area contributed by atoms with Gasteiger partial charge in [0.15, 0.2) is 0 Å². The lowest BCUT2D eigenvalue weighted by Crippen LogP contribution is -2.33. The predicted octanol–water partition coefficient (Wildman–Crippen LogP) is 3.43. The van der Waals surface area contributed by atoms with Crippen LogP contribution in [0.3, 0.4) is 0 Å². The highest BCUT2D eigenvalue weighted by atomic mass is 79.9. The van der Waals surface area contributed by atoms with E-state index >= 15 is 0 Å². The van der Waals surface area contributed by atoms with Crippen molar-refractivity contribution in [1.82, 2.24) is 19.5 Å². The molecule has 0 saturated carbocycles. The number of amides is 1. The fourth-order valence-corrected chi connectivity index (χ4v) is 5.06. The van der Waals surface area contributed by atoms with Gasteiger partial charge in [-0.2, -0.15) is 5.10 Å². The second-order valence-corrected chi connectivity index (χ2v) is 10.2. The van der Waals surface area contributed by atoms with E-state index in [4.69, 9.17) is 23.2 Å². The summed E-state index contributed by atoms with van der Waals surface area (Å²) in [5.74, 6) is -0.600. The first kappa shape index (κ1) is 25.3. The van der Waals surface area contributed by atoms with E-state index < -0.39 is 27.5 Å². The molecule has 9 nitrogen and oxygen atoms in total. The van der Waals surface area contributed by atoms with Gasteiger partial charge in [0.05, 0.1) is 16.1 Å². The number of benzene rings is 1. The molecule has 3 rings (SSSR count). The fraction of sp³-hybridized carbons (Fsp3) is 0.200. The van der Waals surface area contributed by atoms with Crippen molar-refractivity contribution < 1.29 is 13.2 Å². The number of anilines is 1. The molecular weight excluding hydrogens is 557 g/mol. The molecule has 2 heterocycles. The largest absolute Gasteiger partial charge is 0.324 e. The molecule has 0 radical (unpaired) electrons. The number of aromatic nitrogens is 3. The highest BCUT2D eigenvalue weighted by molar-refractivity contribution is 9.10. The summed E-state index contributed by atoms with van der Waals surface area (Å²) in [5, 5.41) is 6.15. The molecule has 1 aromatic carbocycles. The van der Waals surface area contributed by atoms with E-state index in [-0.39, 0.29) is 27.2 Å². The van der Waals surface area contributed by atoms with E-state index in [1.165, 1.54) is 25.1 Å². The van der Waals surface area contributed by atoms with Crippen LogP contribution < -0.4 is 15.6 Å². The Bertz CT molecular complexity index is 1340. The van der Waals surface area contributed by atoms with Gasteiger partial charge in [0, 0.05) is 35.0 Å². The molecule has 0 bridgehead atoms. The van der Waals surface area contributed by atoms with Crippen LogP contribution in [0.1, 0.15) is 18.7 Å². The summed E-state index contributed by atoms with van der Waals surface area (Å²) in [6, 6.07) is 8.69. The van der Waals surface area contributed by atoms with Crippen LogP contribution in [0.5, 0.6) is 0 Å². The van der Waals surface area contributed by atoms with Crippen LogP contribution in [0.25, 0.3) is 0 Å². The van der Waals surface area contributed by atoms with Crippen LogP contribution in [0.15, 0.2) is 63.0 Å². The quantitative estimate of drug-likeness (QED) is 0.425. The van der Waals surface area contributed by atoms with Crippen LogP contribution in [-0.2, 0) is 21.2 Å². The van der Waals surface area contributed by atoms with Crippen molar-refractivity contribution in [2.45, 2.75) is 24.3 Å². The minimum Gasteiger partial charge on any atom is -0.324 e. The molecule has 3 aromatic rings. The van der Waals surface area contributed by atoms with E-state index in [0.717, 1.165) is 16.6 Å². The van der Waals surface area contributed by atoms with Crippen molar-refractivity contribution in [3.8, 4) is 0 Å². The Balaban J connectivity index is 1.74. The number of carbonyl (C=O) groups excluding carboxylic acids is 1. The molecule has 0 aliphatic heterocycles. The zero-order valence-corrected chi connectivity index (χ0v) is 21.0. The number of hydrogen-bond acceptors (Lipinski definition) is 6. The number of rotatable bonds is 8. The normalized spacial score (nSPS) is 12.4. The molecule has 0 unspecified atom stereocenters. The van der Waals surface area contributed by atoms with Gasteiger partial charge in [0.1, 0.15) is 11.1 Å². The second-order valence-electron chi connectivity index (χ2n) is 6.84. The number of halogens is 3. The molecule has 0 fully saturated rings. The van der Waals surface area contributed by atoms with E-state index in [1.54, 1.807) is 18.3 Å². The van der Waals surface area contributed by atoms with Crippen molar-refractivity contribution >= 4 is 60.7 Å². The third kappa shape index (κ3) is 6.18. The number of nitrogens with one attached hydrogen (secondary N) is 2. The molecule has 0 saturated heterocycles. The van der Waals surface area contributed by atoms with Crippen molar-refractivity contribution in [1.29, 1.82) is 0 Å². The Morgan fingerprint density at radius 3 is 2.70 bits per heavy atom. The van der Waals surface area contributed by atoms with E-state index in [1.807, 2.05) is 6.07 Å². The summed E-state index contributed by atoms with van der Waals surface area (Å²) < 4.78 is 29.3. The van der Waals surface area contributed by atoms with Gasteiger partial charge in [-0.1, -0.05) is 29.3 Å². The minimum absolute atomic E-state index is 0.0242. The van der Waals surface area contributed by atoms with Gasteiger partial charge in [-0.15, -0.1) is 0 Å². The smallest absolute Gasteiger partial charge is 0.287 e. The summed E-state index contributed by atoms with van der Waals surface area (Å²) in [5.41, 5.74) is 0.247. The summed E-state index contributed by atoms with van der Waals surface area (Å²) in [6.45, 7) is 1.59. The number of hydrogen-bond donors (Lipinski definition) is 2. The summed E-state index contributed by atoms with van der Waals surface area (Å²) in [4.78, 5) is 29.0. The average Bonchev–Trinajstić information content (AvgIpc) is 2.79. The van der Waals surface area contributed by atoms with E-state index in [2.05, 4.69) is 36.1 Å².